The summed E-state index contributed by atoms with van der Waals surface area (Å²) in [4.78, 5) is 0.173. The predicted molar refractivity (Wildman–Crippen MR) is 79.1 cm³/mol. The normalized spacial score (nSPS) is 11.3. The average Bonchev–Trinajstić information content (AvgIpc) is 2.47. The molecule has 2 rings (SSSR count). The number of hydrogen-bond donors (Lipinski definition) is 1. The van der Waals surface area contributed by atoms with E-state index in [4.69, 9.17) is 5.11 Å². The zero-order valence-electron chi connectivity index (χ0n) is 11.4. The van der Waals surface area contributed by atoms with E-state index in [9.17, 15) is 8.42 Å². The minimum Gasteiger partial charge on any atom is -0.392 e. The molecule has 1 N–H and O–H groups in total. The number of benzene rings is 2. The van der Waals surface area contributed by atoms with Crippen molar-refractivity contribution in [2.24, 2.45) is 0 Å². The third-order valence-corrected chi connectivity index (χ3v) is 4.92. The van der Waals surface area contributed by atoms with Gasteiger partial charge in [-0.05, 0) is 36.8 Å². The second kappa shape index (κ2) is 5.64. The number of nitrogens with zero attached hydrogens (tertiary/aromatic N) is 1. The molecule has 0 fully saturated rings. The quantitative estimate of drug-likeness (QED) is 0.940. The van der Waals surface area contributed by atoms with Gasteiger partial charge in [0.05, 0.1) is 17.2 Å². The number of aryl methyl sites for hydroxylation is 1. The first kappa shape index (κ1) is 14.6. The lowest BCUT2D eigenvalue weighted by Crippen LogP contribution is -2.26. The summed E-state index contributed by atoms with van der Waals surface area (Å²) in [7, 11) is -2.10. The molecule has 0 atom stereocenters. The standard InChI is InChI=1S/C15H17NO3S/c1-12-6-8-14(9-7-12)16(2)20(18,19)15-5-3-4-13(10-15)11-17/h3-10,17H,11H2,1-2H3. The van der Waals surface area contributed by atoms with E-state index in [1.807, 2.05) is 19.1 Å². The zero-order chi connectivity index (χ0) is 14.8. The van der Waals surface area contributed by atoms with Crippen molar-refractivity contribution >= 4 is 15.7 Å². The molecule has 0 aliphatic heterocycles. The second-order valence-corrected chi connectivity index (χ2v) is 6.58. The summed E-state index contributed by atoms with van der Waals surface area (Å²) in [6.45, 7) is 1.76. The fourth-order valence-electron chi connectivity index (χ4n) is 1.86. The van der Waals surface area contributed by atoms with Crippen LogP contribution in [0.4, 0.5) is 5.69 Å². The highest BCUT2D eigenvalue weighted by molar-refractivity contribution is 7.92. The molecule has 0 bridgehead atoms. The van der Waals surface area contributed by atoms with Crippen LogP contribution in [0.15, 0.2) is 53.4 Å². The first-order chi connectivity index (χ1) is 9.45. The smallest absolute Gasteiger partial charge is 0.264 e. The Morgan fingerprint density at radius 3 is 2.35 bits per heavy atom. The summed E-state index contributed by atoms with van der Waals surface area (Å²) < 4.78 is 26.3. The Morgan fingerprint density at radius 1 is 1.10 bits per heavy atom. The molecule has 0 aliphatic rings. The molecular weight excluding hydrogens is 274 g/mol. The molecule has 0 aliphatic carbocycles. The van der Waals surface area contributed by atoms with Crippen molar-refractivity contribution in [2.45, 2.75) is 18.4 Å². The molecule has 2 aromatic rings. The van der Waals surface area contributed by atoms with Gasteiger partial charge in [0.1, 0.15) is 0 Å². The Morgan fingerprint density at radius 2 is 1.75 bits per heavy atom. The Labute approximate surface area is 119 Å². The molecule has 5 heteroatoms. The van der Waals surface area contributed by atoms with Gasteiger partial charge in [0.2, 0.25) is 0 Å². The minimum atomic E-state index is -3.62. The van der Waals surface area contributed by atoms with E-state index < -0.39 is 10.0 Å². The molecule has 0 unspecified atom stereocenters. The topological polar surface area (TPSA) is 57.6 Å². The SMILES string of the molecule is Cc1ccc(N(C)S(=O)(=O)c2cccc(CO)c2)cc1. The lowest BCUT2D eigenvalue weighted by molar-refractivity contribution is 0.281. The molecule has 20 heavy (non-hydrogen) atoms. The lowest BCUT2D eigenvalue weighted by atomic mass is 10.2. The highest BCUT2D eigenvalue weighted by Crippen LogP contribution is 2.22. The minimum absolute atomic E-state index is 0.173. The number of hydrogen-bond acceptors (Lipinski definition) is 3. The molecule has 0 saturated heterocycles. The van der Waals surface area contributed by atoms with Crippen LogP contribution in [-0.2, 0) is 16.6 Å². The Bertz CT molecular complexity index is 693. The molecule has 106 valence electrons. The van der Waals surface area contributed by atoms with E-state index in [-0.39, 0.29) is 11.5 Å². The summed E-state index contributed by atoms with van der Waals surface area (Å²) >= 11 is 0. The monoisotopic (exact) mass is 291 g/mol. The number of aliphatic hydroxyl groups is 1. The van der Waals surface area contributed by atoms with Crippen molar-refractivity contribution in [1.82, 2.24) is 0 Å². The molecule has 0 heterocycles. The van der Waals surface area contributed by atoms with E-state index in [1.54, 1.807) is 24.3 Å². The number of anilines is 1. The van der Waals surface area contributed by atoms with E-state index in [0.717, 1.165) is 5.56 Å². The van der Waals surface area contributed by atoms with Crippen molar-refractivity contribution in [3.05, 3.63) is 59.7 Å². The van der Waals surface area contributed by atoms with Gasteiger partial charge in [-0.15, -0.1) is 0 Å². The Balaban J connectivity index is 2.40. The van der Waals surface area contributed by atoms with Crippen LogP contribution >= 0.6 is 0 Å². The van der Waals surface area contributed by atoms with Gasteiger partial charge >= 0.3 is 0 Å². The van der Waals surface area contributed by atoms with E-state index in [1.165, 1.54) is 23.5 Å². The predicted octanol–water partition coefficient (Wildman–Crippen LogP) is 2.31. The third-order valence-electron chi connectivity index (χ3n) is 3.14. The van der Waals surface area contributed by atoms with Crippen molar-refractivity contribution in [1.29, 1.82) is 0 Å². The summed E-state index contributed by atoms with van der Waals surface area (Å²) in [6, 6.07) is 13.6. The number of sulfonamides is 1. The third kappa shape index (κ3) is 2.84. The van der Waals surface area contributed by atoms with Gasteiger partial charge < -0.3 is 5.11 Å². The molecular formula is C15H17NO3S. The average molecular weight is 291 g/mol. The van der Waals surface area contributed by atoms with Gasteiger partial charge in [-0.1, -0.05) is 29.8 Å². The molecule has 0 saturated carbocycles. The number of rotatable bonds is 4. The van der Waals surface area contributed by atoms with Crippen LogP contribution in [0, 0.1) is 6.92 Å². The molecule has 0 radical (unpaired) electrons. The van der Waals surface area contributed by atoms with Crippen LogP contribution in [0.3, 0.4) is 0 Å². The number of aliphatic hydroxyl groups excluding tert-OH is 1. The van der Waals surface area contributed by atoms with Crippen molar-refractivity contribution in [2.75, 3.05) is 11.4 Å². The summed E-state index contributed by atoms with van der Waals surface area (Å²) in [5.74, 6) is 0. The van der Waals surface area contributed by atoms with Crippen LogP contribution in [-0.4, -0.2) is 20.6 Å². The first-order valence-electron chi connectivity index (χ1n) is 6.20. The fourth-order valence-corrected chi connectivity index (χ4v) is 3.12. The van der Waals surface area contributed by atoms with Gasteiger partial charge in [0, 0.05) is 7.05 Å². The van der Waals surface area contributed by atoms with Crippen LogP contribution in [0.5, 0.6) is 0 Å². The van der Waals surface area contributed by atoms with E-state index in [2.05, 4.69) is 0 Å². The highest BCUT2D eigenvalue weighted by atomic mass is 32.2. The highest BCUT2D eigenvalue weighted by Gasteiger charge is 2.21. The molecule has 0 amide bonds. The van der Waals surface area contributed by atoms with Gasteiger partial charge in [0.25, 0.3) is 10.0 Å². The van der Waals surface area contributed by atoms with Gasteiger partial charge in [-0.3, -0.25) is 4.31 Å². The molecule has 4 nitrogen and oxygen atoms in total. The summed E-state index contributed by atoms with van der Waals surface area (Å²) in [6.07, 6.45) is 0. The first-order valence-corrected chi connectivity index (χ1v) is 7.64. The van der Waals surface area contributed by atoms with E-state index in [0.29, 0.717) is 11.3 Å². The van der Waals surface area contributed by atoms with E-state index >= 15 is 0 Å². The second-order valence-electron chi connectivity index (χ2n) is 4.61. The van der Waals surface area contributed by atoms with Crippen LogP contribution in [0.25, 0.3) is 0 Å². The van der Waals surface area contributed by atoms with Crippen LogP contribution in [0.2, 0.25) is 0 Å². The molecule has 0 spiro atoms. The lowest BCUT2D eigenvalue weighted by Gasteiger charge is -2.20. The largest absolute Gasteiger partial charge is 0.392 e. The van der Waals surface area contributed by atoms with Crippen LogP contribution in [0.1, 0.15) is 11.1 Å². The summed E-state index contributed by atoms with van der Waals surface area (Å²) in [5.41, 5.74) is 2.25. The van der Waals surface area contributed by atoms with Crippen molar-refractivity contribution in [3.63, 3.8) is 0 Å². The Hall–Kier alpha value is -1.85. The Kier molecular flexibility index (Phi) is 4.11. The summed E-state index contributed by atoms with van der Waals surface area (Å²) in [5, 5.41) is 9.11. The van der Waals surface area contributed by atoms with Gasteiger partial charge in [0.15, 0.2) is 0 Å². The molecule has 0 aromatic heterocycles. The maximum atomic E-state index is 12.5. The molecule has 2 aromatic carbocycles. The fraction of sp³-hybridized carbons (Fsp3) is 0.200. The maximum absolute atomic E-state index is 12.5. The van der Waals surface area contributed by atoms with Gasteiger partial charge in [-0.2, -0.15) is 0 Å². The zero-order valence-corrected chi connectivity index (χ0v) is 12.3. The maximum Gasteiger partial charge on any atom is 0.264 e. The van der Waals surface area contributed by atoms with Crippen molar-refractivity contribution in [3.8, 4) is 0 Å². The van der Waals surface area contributed by atoms with Crippen LogP contribution < -0.4 is 4.31 Å². The van der Waals surface area contributed by atoms with Crippen molar-refractivity contribution < 1.29 is 13.5 Å². The van der Waals surface area contributed by atoms with Gasteiger partial charge in [-0.25, -0.2) is 8.42 Å².